The molecule has 2 aromatic carbocycles. The zero-order valence-corrected chi connectivity index (χ0v) is 15.3. The Labute approximate surface area is 157 Å². The van der Waals surface area contributed by atoms with Crippen LogP contribution in [0.1, 0.15) is 5.69 Å². The van der Waals surface area contributed by atoms with Gasteiger partial charge < -0.3 is 0 Å². The summed E-state index contributed by atoms with van der Waals surface area (Å²) in [5.74, 6) is 0. The van der Waals surface area contributed by atoms with Gasteiger partial charge in [-0.25, -0.2) is 8.89 Å². The first-order valence-electron chi connectivity index (χ1n) is 7.15. The molecular weight excluding hydrogens is 435 g/mol. The second-order valence-corrected chi connectivity index (χ2v) is 6.85. The average Bonchev–Trinajstić information content (AvgIpc) is 3.01. The minimum Gasteiger partial charge on any atom is -0.289 e. The van der Waals surface area contributed by atoms with Gasteiger partial charge in [-0.05, 0) is 42.5 Å². The summed E-state index contributed by atoms with van der Waals surface area (Å²) in [6, 6.07) is 13.8. The molecular formula is C16H11BrF3N3O2S. The van der Waals surface area contributed by atoms with Crippen LogP contribution in [0.4, 0.5) is 18.9 Å². The lowest BCUT2D eigenvalue weighted by molar-refractivity contribution is -0.141. The molecule has 0 fully saturated rings. The topological polar surface area (TPSA) is 67.2 Å². The fraction of sp³-hybridized carbons (Fsp3) is 0.0625. The van der Waals surface area contributed by atoms with E-state index in [0.29, 0.717) is 16.9 Å². The molecule has 10 heteroatoms. The molecule has 0 spiro atoms. The van der Waals surface area contributed by atoms with E-state index in [9.17, 15) is 17.4 Å². The van der Waals surface area contributed by atoms with Crippen LogP contribution in [-0.4, -0.2) is 18.5 Å². The maximum Gasteiger partial charge on any atom is 0.435 e. The highest BCUT2D eigenvalue weighted by atomic mass is 79.9. The summed E-state index contributed by atoms with van der Waals surface area (Å²) in [6.07, 6.45) is -4.58. The van der Waals surface area contributed by atoms with Gasteiger partial charge in [0.2, 0.25) is 0 Å². The van der Waals surface area contributed by atoms with Crippen LogP contribution in [0.5, 0.6) is 0 Å². The van der Waals surface area contributed by atoms with Crippen LogP contribution in [0.15, 0.2) is 59.1 Å². The standard InChI is InChI=1S/C16H11BrF3N3O2S/c17-11-3-1-10(2-4-11)14-9-15(16(18,19)20)21-23(14)13-7-5-12(6-8-13)22-26(24)25/h1-9,22H,(H,24,25). The zero-order valence-electron chi connectivity index (χ0n) is 12.9. The van der Waals surface area contributed by atoms with Gasteiger partial charge in [0.1, 0.15) is 0 Å². The Kier molecular flexibility index (Phi) is 5.17. The van der Waals surface area contributed by atoms with Crippen molar-refractivity contribution in [3.05, 3.63) is 64.8 Å². The molecule has 1 aromatic heterocycles. The molecule has 5 nitrogen and oxygen atoms in total. The van der Waals surface area contributed by atoms with E-state index in [2.05, 4.69) is 25.8 Å². The average molecular weight is 446 g/mol. The number of hydrogen-bond donors (Lipinski definition) is 2. The summed E-state index contributed by atoms with van der Waals surface area (Å²) in [5.41, 5.74) is 0.566. The lowest BCUT2D eigenvalue weighted by atomic mass is 10.1. The first-order chi connectivity index (χ1) is 12.2. The molecule has 0 radical (unpaired) electrons. The second kappa shape index (κ2) is 7.22. The van der Waals surface area contributed by atoms with Gasteiger partial charge in [-0.1, -0.05) is 28.1 Å². The second-order valence-electron chi connectivity index (χ2n) is 5.23. The normalized spacial score (nSPS) is 12.8. The number of nitrogens with one attached hydrogen (secondary N) is 1. The molecule has 0 aliphatic rings. The molecule has 1 heterocycles. The minimum absolute atomic E-state index is 0.274. The van der Waals surface area contributed by atoms with Gasteiger partial charge in [0.25, 0.3) is 11.3 Å². The fourth-order valence-electron chi connectivity index (χ4n) is 2.31. The molecule has 26 heavy (non-hydrogen) atoms. The van der Waals surface area contributed by atoms with Crippen molar-refractivity contribution in [2.75, 3.05) is 4.72 Å². The number of hydrogen-bond acceptors (Lipinski definition) is 2. The maximum absolute atomic E-state index is 13.1. The van der Waals surface area contributed by atoms with E-state index in [4.69, 9.17) is 4.55 Å². The number of alkyl halides is 3. The van der Waals surface area contributed by atoms with Crippen molar-refractivity contribution >= 4 is 32.9 Å². The van der Waals surface area contributed by atoms with E-state index in [0.717, 1.165) is 10.5 Å². The van der Waals surface area contributed by atoms with Gasteiger partial charge in [0.05, 0.1) is 11.4 Å². The van der Waals surface area contributed by atoms with Crippen molar-refractivity contribution in [1.29, 1.82) is 0 Å². The van der Waals surface area contributed by atoms with Crippen molar-refractivity contribution < 1.29 is 21.9 Å². The lowest BCUT2D eigenvalue weighted by Gasteiger charge is -2.09. The van der Waals surface area contributed by atoms with Crippen LogP contribution in [0.2, 0.25) is 0 Å². The number of benzene rings is 2. The molecule has 0 aliphatic carbocycles. The summed E-state index contributed by atoms with van der Waals surface area (Å²) in [7, 11) is 0. The van der Waals surface area contributed by atoms with E-state index in [1.54, 1.807) is 24.3 Å². The highest BCUT2D eigenvalue weighted by molar-refractivity contribution is 9.10. The molecule has 136 valence electrons. The van der Waals surface area contributed by atoms with Crippen molar-refractivity contribution in [2.24, 2.45) is 0 Å². The predicted octanol–water partition coefficient (Wildman–Crippen LogP) is 4.87. The van der Waals surface area contributed by atoms with Crippen LogP contribution in [-0.2, 0) is 17.4 Å². The lowest BCUT2D eigenvalue weighted by Crippen LogP contribution is -2.07. The molecule has 2 N–H and O–H groups in total. The van der Waals surface area contributed by atoms with Crippen LogP contribution in [0.3, 0.4) is 0 Å². The van der Waals surface area contributed by atoms with Crippen LogP contribution in [0.25, 0.3) is 16.9 Å². The molecule has 1 atom stereocenters. The minimum atomic E-state index is -4.58. The molecule has 3 rings (SSSR count). The third-order valence-corrected chi connectivity index (χ3v) is 4.40. The quantitative estimate of drug-likeness (QED) is 0.563. The van der Waals surface area contributed by atoms with Crippen molar-refractivity contribution in [2.45, 2.75) is 6.18 Å². The summed E-state index contributed by atoms with van der Waals surface area (Å²) in [4.78, 5) is 0. The maximum atomic E-state index is 13.1. The van der Waals surface area contributed by atoms with Crippen LogP contribution < -0.4 is 4.72 Å². The van der Waals surface area contributed by atoms with Gasteiger partial charge in [-0.2, -0.15) is 18.3 Å². The summed E-state index contributed by atoms with van der Waals surface area (Å²) in [6.45, 7) is 0. The predicted molar refractivity (Wildman–Crippen MR) is 96.1 cm³/mol. The monoisotopic (exact) mass is 445 g/mol. The number of nitrogens with zero attached hydrogens (tertiary/aromatic N) is 2. The number of rotatable bonds is 4. The molecule has 0 aliphatic heterocycles. The molecule has 0 saturated carbocycles. The number of halogens is 4. The van der Waals surface area contributed by atoms with E-state index in [-0.39, 0.29) is 5.69 Å². The first kappa shape index (κ1) is 18.6. The Morgan fingerprint density at radius 1 is 1.08 bits per heavy atom. The molecule has 0 amide bonds. The Bertz CT molecular complexity index is 941. The molecule has 3 aromatic rings. The Morgan fingerprint density at radius 3 is 2.23 bits per heavy atom. The van der Waals surface area contributed by atoms with Crippen molar-refractivity contribution in [1.82, 2.24) is 9.78 Å². The fourth-order valence-corrected chi connectivity index (χ4v) is 2.92. The highest BCUT2D eigenvalue weighted by Gasteiger charge is 2.35. The van der Waals surface area contributed by atoms with E-state index in [1.807, 2.05) is 0 Å². The van der Waals surface area contributed by atoms with Crippen molar-refractivity contribution in [3.63, 3.8) is 0 Å². The summed E-state index contributed by atoms with van der Waals surface area (Å²) in [5, 5.41) is 3.69. The van der Waals surface area contributed by atoms with Crippen LogP contribution >= 0.6 is 15.9 Å². The molecule has 1 unspecified atom stereocenters. The summed E-state index contributed by atoms with van der Waals surface area (Å²) >= 11 is 1.05. The van der Waals surface area contributed by atoms with Gasteiger partial charge in [0.15, 0.2) is 5.69 Å². The first-order valence-corrected chi connectivity index (χ1v) is 9.05. The Hall–Kier alpha value is -2.17. The molecule has 0 saturated heterocycles. The largest absolute Gasteiger partial charge is 0.435 e. The van der Waals surface area contributed by atoms with Gasteiger partial charge in [-0.15, -0.1) is 0 Å². The summed E-state index contributed by atoms with van der Waals surface area (Å²) < 4.78 is 63.2. The zero-order chi connectivity index (χ0) is 18.9. The third kappa shape index (κ3) is 4.14. The Balaban J connectivity index is 2.08. The van der Waals surface area contributed by atoms with Gasteiger partial charge in [-0.3, -0.25) is 9.27 Å². The number of anilines is 1. The molecule has 0 bridgehead atoms. The van der Waals surface area contributed by atoms with E-state index in [1.165, 1.54) is 28.9 Å². The van der Waals surface area contributed by atoms with Crippen LogP contribution in [0, 0.1) is 0 Å². The van der Waals surface area contributed by atoms with E-state index < -0.39 is 23.1 Å². The van der Waals surface area contributed by atoms with E-state index >= 15 is 0 Å². The smallest absolute Gasteiger partial charge is 0.289 e. The third-order valence-electron chi connectivity index (χ3n) is 3.46. The highest BCUT2D eigenvalue weighted by Crippen LogP contribution is 2.33. The van der Waals surface area contributed by atoms with Gasteiger partial charge >= 0.3 is 6.18 Å². The Morgan fingerprint density at radius 2 is 1.69 bits per heavy atom. The number of aromatic nitrogens is 2. The van der Waals surface area contributed by atoms with Crippen molar-refractivity contribution in [3.8, 4) is 16.9 Å². The SMILES string of the molecule is O=S(O)Nc1ccc(-n2nc(C(F)(F)F)cc2-c2ccc(Br)cc2)cc1. The van der Waals surface area contributed by atoms with Gasteiger partial charge in [0, 0.05) is 15.7 Å².